The van der Waals surface area contributed by atoms with Gasteiger partial charge in [0.1, 0.15) is 17.2 Å². The van der Waals surface area contributed by atoms with Crippen LogP contribution < -0.4 is 10.5 Å². The van der Waals surface area contributed by atoms with Gasteiger partial charge in [0.15, 0.2) is 0 Å². The Morgan fingerprint density at radius 3 is 3.05 bits per heavy atom. The highest BCUT2D eigenvalue weighted by Gasteiger charge is 2.47. The van der Waals surface area contributed by atoms with Crippen molar-refractivity contribution < 1.29 is 13.9 Å². The van der Waals surface area contributed by atoms with Gasteiger partial charge >= 0.3 is 0 Å². The van der Waals surface area contributed by atoms with Crippen molar-refractivity contribution in [2.75, 3.05) is 7.11 Å². The van der Waals surface area contributed by atoms with Gasteiger partial charge in [-0.1, -0.05) is 6.42 Å². The molecule has 0 radical (unpaired) electrons. The fourth-order valence-corrected chi connectivity index (χ4v) is 3.51. The fraction of sp³-hybridized carbons (Fsp3) is 0.600. The molecule has 3 unspecified atom stereocenters. The van der Waals surface area contributed by atoms with Gasteiger partial charge in [-0.15, -0.1) is 0 Å². The Labute approximate surface area is 112 Å². The minimum Gasteiger partial charge on any atom is -0.484 e. The van der Waals surface area contributed by atoms with Crippen LogP contribution in [-0.2, 0) is 4.74 Å². The van der Waals surface area contributed by atoms with Crippen molar-refractivity contribution in [2.45, 2.75) is 49.9 Å². The summed E-state index contributed by atoms with van der Waals surface area (Å²) >= 11 is 0. The van der Waals surface area contributed by atoms with Crippen LogP contribution >= 0.6 is 0 Å². The Morgan fingerprint density at radius 2 is 2.26 bits per heavy atom. The summed E-state index contributed by atoms with van der Waals surface area (Å²) in [4.78, 5) is 0. The highest BCUT2D eigenvalue weighted by Crippen LogP contribution is 2.46. The van der Waals surface area contributed by atoms with Crippen LogP contribution in [0.15, 0.2) is 18.2 Å². The van der Waals surface area contributed by atoms with Gasteiger partial charge in [0.05, 0.1) is 6.10 Å². The molecule has 2 aliphatic rings. The van der Waals surface area contributed by atoms with Crippen LogP contribution in [0.1, 0.15) is 43.7 Å². The van der Waals surface area contributed by atoms with Crippen LogP contribution in [0.2, 0.25) is 0 Å². The molecule has 1 heterocycles. The minimum absolute atomic E-state index is 0.0745. The molecule has 3 rings (SSSR count). The van der Waals surface area contributed by atoms with E-state index in [-0.39, 0.29) is 23.6 Å². The highest BCUT2D eigenvalue weighted by atomic mass is 19.1. The molecule has 0 saturated heterocycles. The number of hydrogen-bond acceptors (Lipinski definition) is 3. The van der Waals surface area contributed by atoms with Crippen LogP contribution in [0.25, 0.3) is 0 Å². The number of hydrogen-bond donors (Lipinski definition) is 1. The second-order valence-corrected chi connectivity index (χ2v) is 5.63. The summed E-state index contributed by atoms with van der Waals surface area (Å²) in [5, 5.41) is 0. The lowest BCUT2D eigenvalue weighted by atomic mass is 9.75. The van der Waals surface area contributed by atoms with Gasteiger partial charge < -0.3 is 15.2 Å². The third kappa shape index (κ3) is 2.13. The molecule has 1 aliphatic heterocycles. The summed E-state index contributed by atoms with van der Waals surface area (Å²) < 4.78 is 25.1. The maximum absolute atomic E-state index is 13.3. The lowest BCUT2D eigenvalue weighted by molar-refractivity contribution is -0.114. The first-order chi connectivity index (χ1) is 9.14. The van der Waals surface area contributed by atoms with E-state index in [1.807, 2.05) is 0 Å². The molecule has 1 spiro atoms. The second-order valence-electron chi connectivity index (χ2n) is 5.63. The molecule has 0 amide bonds. The van der Waals surface area contributed by atoms with Crippen LogP contribution in [0.3, 0.4) is 0 Å². The number of rotatable bonds is 1. The molecule has 3 nitrogen and oxygen atoms in total. The van der Waals surface area contributed by atoms with Crippen LogP contribution in [0.4, 0.5) is 4.39 Å². The standard InChI is InChI=1S/C15H20FNO2/c1-18-14-4-2-3-7-15(14)9-12(17)11-8-10(16)5-6-13(11)19-15/h5-6,8,12,14H,2-4,7,9,17H2,1H3. The molecular weight excluding hydrogens is 245 g/mol. The predicted molar refractivity (Wildman–Crippen MR) is 70.6 cm³/mol. The quantitative estimate of drug-likeness (QED) is 0.849. The number of benzene rings is 1. The predicted octanol–water partition coefficient (Wildman–Crippen LogP) is 2.94. The van der Waals surface area contributed by atoms with E-state index in [0.29, 0.717) is 12.2 Å². The van der Waals surface area contributed by atoms with Crippen molar-refractivity contribution in [3.8, 4) is 5.75 Å². The number of ether oxygens (including phenoxy) is 2. The molecule has 19 heavy (non-hydrogen) atoms. The van der Waals surface area contributed by atoms with Gasteiger partial charge in [-0.2, -0.15) is 0 Å². The van der Waals surface area contributed by atoms with E-state index in [1.165, 1.54) is 12.1 Å². The van der Waals surface area contributed by atoms with Crippen LogP contribution in [0, 0.1) is 5.82 Å². The molecule has 1 aromatic rings. The van der Waals surface area contributed by atoms with Crippen LogP contribution in [-0.4, -0.2) is 18.8 Å². The molecule has 0 aromatic heterocycles. The van der Waals surface area contributed by atoms with Crippen molar-refractivity contribution in [3.05, 3.63) is 29.6 Å². The number of nitrogens with two attached hydrogens (primary N) is 1. The zero-order valence-corrected chi connectivity index (χ0v) is 11.2. The largest absolute Gasteiger partial charge is 0.484 e. The highest BCUT2D eigenvalue weighted by molar-refractivity contribution is 5.39. The first kappa shape index (κ1) is 12.9. The van der Waals surface area contributed by atoms with Gasteiger partial charge in [0.2, 0.25) is 0 Å². The molecule has 0 bridgehead atoms. The Hall–Kier alpha value is -1.13. The van der Waals surface area contributed by atoms with Crippen molar-refractivity contribution in [1.82, 2.24) is 0 Å². The lowest BCUT2D eigenvalue weighted by Gasteiger charge is -2.47. The zero-order valence-electron chi connectivity index (χ0n) is 11.2. The molecule has 1 saturated carbocycles. The number of halogens is 1. The van der Waals surface area contributed by atoms with Gasteiger partial charge in [-0.05, 0) is 37.5 Å². The third-order valence-electron chi connectivity index (χ3n) is 4.44. The Kier molecular flexibility index (Phi) is 3.23. The van der Waals surface area contributed by atoms with Crippen LogP contribution in [0.5, 0.6) is 5.75 Å². The SMILES string of the molecule is COC1CCCCC12CC(N)c1cc(F)ccc1O2. The average molecular weight is 265 g/mol. The van der Waals surface area contributed by atoms with Gasteiger partial charge in [0, 0.05) is 25.1 Å². The van der Waals surface area contributed by atoms with E-state index in [9.17, 15) is 4.39 Å². The Balaban J connectivity index is 1.97. The maximum Gasteiger partial charge on any atom is 0.137 e. The molecule has 104 valence electrons. The molecule has 2 N–H and O–H groups in total. The van der Waals surface area contributed by atoms with Gasteiger partial charge in [-0.25, -0.2) is 4.39 Å². The third-order valence-corrected chi connectivity index (χ3v) is 4.44. The normalized spacial score (nSPS) is 33.8. The fourth-order valence-electron chi connectivity index (χ4n) is 3.51. The summed E-state index contributed by atoms with van der Waals surface area (Å²) in [5.74, 6) is 0.449. The van der Waals surface area contributed by atoms with Gasteiger partial charge in [-0.3, -0.25) is 0 Å². The molecule has 4 heteroatoms. The smallest absolute Gasteiger partial charge is 0.137 e. The number of methoxy groups -OCH3 is 1. The summed E-state index contributed by atoms with van der Waals surface area (Å²) in [6.07, 6.45) is 5.01. The summed E-state index contributed by atoms with van der Waals surface area (Å²) in [7, 11) is 1.73. The lowest BCUT2D eigenvalue weighted by Crippen LogP contribution is -2.54. The first-order valence-corrected chi connectivity index (χ1v) is 6.91. The summed E-state index contributed by atoms with van der Waals surface area (Å²) in [6.45, 7) is 0. The summed E-state index contributed by atoms with van der Waals surface area (Å²) in [6, 6.07) is 4.41. The van der Waals surface area contributed by atoms with E-state index in [2.05, 4.69) is 0 Å². The summed E-state index contributed by atoms with van der Waals surface area (Å²) in [5.41, 5.74) is 6.67. The zero-order chi connectivity index (χ0) is 13.5. The molecule has 1 fully saturated rings. The second kappa shape index (κ2) is 4.76. The molecule has 3 atom stereocenters. The molecule has 1 aromatic carbocycles. The Bertz CT molecular complexity index is 479. The van der Waals surface area contributed by atoms with Crippen molar-refractivity contribution in [2.24, 2.45) is 5.73 Å². The topological polar surface area (TPSA) is 44.5 Å². The Morgan fingerprint density at radius 1 is 1.42 bits per heavy atom. The minimum atomic E-state index is -0.336. The number of fused-ring (bicyclic) bond motifs is 1. The first-order valence-electron chi connectivity index (χ1n) is 6.91. The molecular formula is C15H20FNO2. The van der Waals surface area contributed by atoms with Crippen molar-refractivity contribution in [3.63, 3.8) is 0 Å². The average Bonchev–Trinajstić information content (AvgIpc) is 2.40. The maximum atomic E-state index is 13.3. The molecule has 1 aliphatic carbocycles. The van der Waals surface area contributed by atoms with Gasteiger partial charge in [0.25, 0.3) is 0 Å². The van der Waals surface area contributed by atoms with E-state index < -0.39 is 0 Å². The van der Waals surface area contributed by atoms with E-state index in [1.54, 1.807) is 13.2 Å². The van der Waals surface area contributed by atoms with E-state index in [0.717, 1.165) is 31.2 Å². The van der Waals surface area contributed by atoms with E-state index >= 15 is 0 Å². The van der Waals surface area contributed by atoms with E-state index in [4.69, 9.17) is 15.2 Å². The monoisotopic (exact) mass is 265 g/mol. The van der Waals surface area contributed by atoms with Crippen molar-refractivity contribution >= 4 is 0 Å². The van der Waals surface area contributed by atoms with Crippen molar-refractivity contribution in [1.29, 1.82) is 0 Å².